The molecule has 18 heavy (non-hydrogen) atoms. The zero-order valence-electron chi connectivity index (χ0n) is 10.5. The molecule has 2 aromatic rings. The molecular formula is C16H19NO. The second kappa shape index (κ2) is 6.70. The van der Waals surface area contributed by atoms with Crippen molar-refractivity contribution >= 4 is 5.69 Å². The van der Waals surface area contributed by atoms with Crippen LogP contribution in [0.4, 0.5) is 5.69 Å². The van der Waals surface area contributed by atoms with Crippen LogP contribution in [0.5, 0.6) is 5.75 Å². The van der Waals surface area contributed by atoms with Gasteiger partial charge in [0.1, 0.15) is 5.75 Å². The van der Waals surface area contributed by atoms with Gasteiger partial charge in [0.2, 0.25) is 0 Å². The van der Waals surface area contributed by atoms with E-state index in [1.807, 2.05) is 30.3 Å². The summed E-state index contributed by atoms with van der Waals surface area (Å²) < 4.78 is 5.65. The van der Waals surface area contributed by atoms with E-state index in [0.29, 0.717) is 5.69 Å². The van der Waals surface area contributed by atoms with Gasteiger partial charge >= 0.3 is 0 Å². The van der Waals surface area contributed by atoms with Crippen molar-refractivity contribution in [2.75, 3.05) is 12.3 Å². The number of rotatable bonds is 6. The predicted octanol–water partition coefficient (Wildman–Crippen LogP) is 3.67. The number of unbranched alkanes of at least 4 members (excludes halogenated alkanes) is 1. The Balaban J connectivity index is 1.66. The number of hydrogen-bond acceptors (Lipinski definition) is 2. The summed E-state index contributed by atoms with van der Waals surface area (Å²) in [6.45, 7) is 0.723. The highest BCUT2D eigenvalue weighted by Crippen LogP contribution is 2.19. The van der Waals surface area contributed by atoms with E-state index in [1.54, 1.807) is 0 Å². The summed E-state index contributed by atoms with van der Waals surface area (Å²) in [6.07, 6.45) is 3.29. The second-order valence-electron chi connectivity index (χ2n) is 4.33. The van der Waals surface area contributed by atoms with Gasteiger partial charge in [-0.25, -0.2) is 0 Å². The molecule has 0 aliphatic carbocycles. The molecule has 0 aliphatic rings. The third-order valence-electron chi connectivity index (χ3n) is 2.88. The van der Waals surface area contributed by atoms with E-state index in [9.17, 15) is 0 Å². The number of para-hydroxylation sites is 2. The molecule has 0 aliphatic heterocycles. The molecule has 2 heteroatoms. The average Bonchev–Trinajstić information content (AvgIpc) is 2.42. The zero-order chi connectivity index (χ0) is 12.6. The first-order valence-corrected chi connectivity index (χ1v) is 6.37. The molecule has 0 radical (unpaired) electrons. The smallest absolute Gasteiger partial charge is 0.142 e. The van der Waals surface area contributed by atoms with E-state index in [4.69, 9.17) is 10.5 Å². The van der Waals surface area contributed by atoms with E-state index >= 15 is 0 Å². The fourth-order valence-electron chi connectivity index (χ4n) is 1.87. The van der Waals surface area contributed by atoms with Gasteiger partial charge < -0.3 is 10.5 Å². The van der Waals surface area contributed by atoms with Gasteiger partial charge in [0.25, 0.3) is 0 Å². The molecule has 2 rings (SSSR count). The van der Waals surface area contributed by atoms with E-state index in [1.165, 1.54) is 5.56 Å². The molecule has 94 valence electrons. The van der Waals surface area contributed by atoms with Crippen molar-refractivity contribution in [1.82, 2.24) is 0 Å². The number of anilines is 1. The van der Waals surface area contributed by atoms with Crippen molar-refractivity contribution < 1.29 is 4.74 Å². The highest BCUT2D eigenvalue weighted by Gasteiger charge is 1.98. The molecular weight excluding hydrogens is 222 g/mol. The highest BCUT2D eigenvalue weighted by atomic mass is 16.5. The van der Waals surface area contributed by atoms with Gasteiger partial charge in [-0.2, -0.15) is 0 Å². The van der Waals surface area contributed by atoms with Crippen molar-refractivity contribution in [2.24, 2.45) is 0 Å². The number of hydrogen-bond donors (Lipinski definition) is 1. The lowest BCUT2D eigenvalue weighted by Crippen LogP contribution is -2.00. The largest absolute Gasteiger partial charge is 0.491 e. The Hall–Kier alpha value is -1.96. The van der Waals surface area contributed by atoms with Crippen LogP contribution in [0.25, 0.3) is 0 Å². The van der Waals surface area contributed by atoms with Gasteiger partial charge in [0, 0.05) is 0 Å². The first-order chi connectivity index (χ1) is 8.86. The Morgan fingerprint density at radius 3 is 2.33 bits per heavy atom. The lowest BCUT2D eigenvalue weighted by Gasteiger charge is -2.08. The summed E-state index contributed by atoms with van der Waals surface area (Å²) in [5.41, 5.74) is 7.90. The summed E-state index contributed by atoms with van der Waals surface area (Å²) in [7, 11) is 0. The molecule has 2 aromatic carbocycles. The van der Waals surface area contributed by atoms with E-state index in [0.717, 1.165) is 31.6 Å². The number of benzene rings is 2. The molecule has 2 nitrogen and oxygen atoms in total. The zero-order valence-corrected chi connectivity index (χ0v) is 10.5. The van der Waals surface area contributed by atoms with Crippen LogP contribution in [-0.4, -0.2) is 6.61 Å². The fraction of sp³-hybridized carbons (Fsp3) is 0.250. The highest BCUT2D eigenvalue weighted by molar-refractivity contribution is 5.51. The maximum Gasteiger partial charge on any atom is 0.142 e. The maximum absolute atomic E-state index is 5.80. The average molecular weight is 241 g/mol. The summed E-state index contributed by atoms with van der Waals surface area (Å²) in [5, 5.41) is 0. The molecule has 0 fully saturated rings. The topological polar surface area (TPSA) is 35.2 Å². The molecule has 0 unspecified atom stereocenters. The van der Waals surface area contributed by atoms with Gasteiger partial charge in [-0.1, -0.05) is 42.5 Å². The number of nitrogens with two attached hydrogens (primary N) is 1. The number of aryl methyl sites for hydroxylation is 1. The van der Waals surface area contributed by atoms with E-state index < -0.39 is 0 Å². The lowest BCUT2D eigenvalue weighted by atomic mass is 10.1. The first kappa shape index (κ1) is 12.5. The molecule has 0 atom stereocenters. The van der Waals surface area contributed by atoms with Crippen molar-refractivity contribution in [1.29, 1.82) is 0 Å². The number of ether oxygens (including phenoxy) is 1. The Morgan fingerprint density at radius 2 is 1.56 bits per heavy atom. The van der Waals surface area contributed by atoms with Crippen LogP contribution in [-0.2, 0) is 6.42 Å². The molecule has 2 N–H and O–H groups in total. The van der Waals surface area contributed by atoms with Crippen LogP contribution in [0.1, 0.15) is 18.4 Å². The SMILES string of the molecule is Nc1ccccc1OCCCCc1ccccc1. The summed E-state index contributed by atoms with van der Waals surface area (Å²) >= 11 is 0. The minimum atomic E-state index is 0.709. The van der Waals surface area contributed by atoms with Crippen LogP contribution in [0.2, 0.25) is 0 Å². The van der Waals surface area contributed by atoms with Crippen LogP contribution in [0.3, 0.4) is 0 Å². The fourth-order valence-corrected chi connectivity index (χ4v) is 1.87. The molecule has 0 amide bonds. The quantitative estimate of drug-likeness (QED) is 0.618. The Kier molecular flexibility index (Phi) is 4.65. The first-order valence-electron chi connectivity index (χ1n) is 6.37. The standard InChI is InChI=1S/C16H19NO/c17-15-11-4-5-12-16(15)18-13-7-6-10-14-8-2-1-3-9-14/h1-5,8-9,11-12H,6-7,10,13,17H2. The third kappa shape index (κ3) is 3.81. The van der Waals surface area contributed by atoms with Gasteiger partial charge in [-0.3, -0.25) is 0 Å². The van der Waals surface area contributed by atoms with Crippen molar-refractivity contribution in [3.05, 3.63) is 60.2 Å². The monoisotopic (exact) mass is 241 g/mol. The van der Waals surface area contributed by atoms with Crippen molar-refractivity contribution in [2.45, 2.75) is 19.3 Å². The molecule has 0 spiro atoms. The summed E-state index contributed by atoms with van der Waals surface area (Å²) in [4.78, 5) is 0. The Bertz CT molecular complexity index is 468. The van der Waals surface area contributed by atoms with Crippen LogP contribution >= 0.6 is 0 Å². The minimum absolute atomic E-state index is 0.709. The maximum atomic E-state index is 5.80. The van der Waals surface area contributed by atoms with Crippen molar-refractivity contribution in [3.63, 3.8) is 0 Å². The summed E-state index contributed by atoms with van der Waals surface area (Å²) in [5.74, 6) is 0.789. The minimum Gasteiger partial charge on any atom is -0.491 e. The number of nitrogen functional groups attached to an aromatic ring is 1. The van der Waals surface area contributed by atoms with E-state index in [-0.39, 0.29) is 0 Å². The Labute approximate surface area is 108 Å². The van der Waals surface area contributed by atoms with Gasteiger partial charge in [0.05, 0.1) is 12.3 Å². The van der Waals surface area contributed by atoms with Crippen molar-refractivity contribution in [3.8, 4) is 5.75 Å². The molecule has 0 saturated carbocycles. The van der Waals surface area contributed by atoms with Crippen LogP contribution in [0, 0.1) is 0 Å². The third-order valence-corrected chi connectivity index (χ3v) is 2.88. The van der Waals surface area contributed by atoms with Crippen LogP contribution < -0.4 is 10.5 Å². The Morgan fingerprint density at radius 1 is 0.833 bits per heavy atom. The van der Waals surface area contributed by atoms with Gasteiger partial charge in [-0.15, -0.1) is 0 Å². The summed E-state index contributed by atoms with van der Waals surface area (Å²) in [6, 6.07) is 18.2. The predicted molar refractivity (Wildman–Crippen MR) is 75.7 cm³/mol. The molecule has 0 bridgehead atoms. The normalized spacial score (nSPS) is 10.2. The lowest BCUT2D eigenvalue weighted by molar-refractivity contribution is 0.308. The molecule has 0 aromatic heterocycles. The van der Waals surface area contributed by atoms with E-state index in [2.05, 4.69) is 24.3 Å². The van der Waals surface area contributed by atoms with Gasteiger partial charge in [-0.05, 0) is 37.0 Å². The molecule has 0 saturated heterocycles. The van der Waals surface area contributed by atoms with Gasteiger partial charge in [0.15, 0.2) is 0 Å². The molecule has 0 heterocycles. The van der Waals surface area contributed by atoms with Crippen LogP contribution in [0.15, 0.2) is 54.6 Å². The second-order valence-corrected chi connectivity index (χ2v) is 4.33.